The number of aliphatic hydroxyl groups is 1. The van der Waals surface area contributed by atoms with E-state index in [-0.39, 0.29) is 34.9 Å². The molecule has 0 bridgehead atoms. The van der Waals surface area contributed by atoms with Crippen molar-refractivity contribution in [1.82, 2.24) is 0 Å². The second-order valence-electron chi connectivity index (χ2n) is 14.7. The number of ketones is 2. The van der Waals surface area contributed by atoms with Gasteiger partial charge < -0.3 is 10.2 Å². The number of hydrogen-bond acceptors (Lipinski definition) is 5. The van der Waals surface area contributed by atoms with E-state index in [0.717, 1.165) is 24.8 Å². The molecule has 2 N–H and O–H groups in total. The monoisotopic (exact) mass is 507 g/mol. The Kier molecular flexibility index (Phi) is 5.15. The summed E-state index contributed by atoms with van der Waals surface area (Å²) in [6.07, 6.45) is 7.88. The first-order valence-corrected chi connectivity index (χ1v) is 13.8. The van der Waals surface area contributed by atoms with Gasteiger partial charge in [0.2, 0.25) is 0 Å². The van der Waals surface area contributed by atoms with Crippen molar-refractivity contribution in [2.24, 2.45) is 44.3 Å². The molecule has 0 amide bonds. The highest BCUT2D eigenvalue weighted by molar-refractivity contribution is 6.05. The SMILES string of the molecule is CC1(C(=O)O)CCC2(C)CCC3(C)C4(C)CCC5C(C)(C)C(=O)C(C#N)=CC5(C)C4=CC(=O)C3(O)C2C1. The van der Waals surface area contributed by atoms with E-state index in [1.165, 1.54) is 0 Å². The zero-order chi connectivity index (χ0) is 27.6. The maximum atomic E-state index is 14.3. The molecule has 8 unspecified atom stereocenters. The van der Waals surface area contributed by atoms with Gasteiger partial charge in [-0.1, -0.05) is 47.6 Å². The van der Waals surface area contributed by atoms with Crippen LogP contribution in [0.3, 0.4) is 0 Å². The number of allylic oxidation sites excluding steroid dienone is 3. The van der Waals surface area contributed by atoms with Gasteiger partial charge in [0.05, 0.1) is 11.0 Å². The number of nitriles is 1. The van der Waals surface area contributed by atoms with Crippen LogP contribution in [0.4, 0.5) is 0 Å². The largest absolute Gasteiger partial charge is 0.481 e. The number of fused-ring (bicyclic) bond motifs is 7. The summed E-state index contributed by atoms with van der Waals surface area (Å²) in [5.41, 5.74) is -4.67. The number of aliphatic carboxylic acids is 1. The van der Waals surface area contributed by atoms with E-state index in [2.05, 4.69) is 26.8 Å². The first kappa shape index (κ1) is 26.4. The summed E-state index contributed by atoms with van der Waals surface area (Å²) in [6, 6.07) is 2.12. The molecule has 0 spiro atoms. The quantitative estimate of drug-likeness (QED) is 0.491. The minimum Gasteiger partial charge on any atom is -0.481 e. The topological polar surface area (TPSA) is 115 Å². The Morgan fingerprint density at radius 2 is 1.59 bits per heavy atom. The van der Waals surface area contributed by atoms with Crippen molar-refractivity contribution in [2.75, 3.05) is 0 Å². The van der Waals surface area contributed by atoms with E-state index in [9.17, 15) is 29.9 Å². The van der Waals surface area contributed by atoms with Gasteiger partial charge in [0, 0.05) is 22.2 Å². The Balaban J connectivity index is 1.73. The highest BCUT2D eigenvalue weighted by Gasteiger charge is 2.75. The molecule has 5 aliphatic rings. The van der Waals surface area contributed by atoms with Gasteiger partial charge in [0.15, 0.2) is 11.6 Å². The predicted octanol–water partition coefficient (Wildman–Crippen LogP) is 5.41. The maximum Gasteiger partial charge on any atom is 0.309 e. The molecule has 0 radical (unpaired) electrons. The fraction of sp³-hybridized carbons (Fsp3) is 0.742. The van der Waals surface area contributed by atoms with Crippen molar-refractivity contribution < 1.29 is 24.6 Å². The number of carboxylic acids is 1. The average molecular weight is 508 g/mol. The standard InChI is InChI=1S/C31H41NO5/c1-25(2)19-8-9-29(6)20(28(19,5)15-18(17-32)23(25)34)14-22(33)31(37)21-16-27(4,24(35)36)11-10-26(21,3)12-13-30(29,31)7/h14-15,19,21,37H,8-13,16H2,1-7H3,(H,35,36). The molecule has 200 valence electrons. The lowest BCUT2D eigenvalue weighted by Gasteiger charge is -2.71. The molecule has 0 aromatic carbocycles. The van der Waals surface area contributed by atoms with E-state index in [1.54, 1.807) is 19.1 Å². The van der Waals surface area contributed by atoms with Crippen molar-refractivity contribution in [1.29, 1.82) is 5.26 Å². The number of nitrogens with zero attached hydrogens (tertiary/aromatic N) is 1. The third-order valence-electron chi connectivity index (χ3n) is 12.8. The van der Waals surface area contributed by atoms with Crippen LogP contribution in [-0.4, -0.2) is 33.3 Å². The van der Waals surface area contributed by atoms with Crippen LogP contribution in [0.2, 0.25) is 0 Å². The van der Waals surface area contributed by atoms with Crippen LogP contribution in [-0.2, 0) is 14.4 Å². The Hall–Kier alpha value is -2.26. The molecule has 6 nitrogen and oxygen atoms in total. The Labute approximate surface area is 220 Å². The number of rotatable bonds is 1. The summed E-state index contributed by atoms with van der Waals surface area (Å²) >= 11 is 0. The van der Waals surface area contributed by atoms with Gasteiger partial charge in [-0.2, -0.15) is 5.26 Å². The third-order valence-corrected chi connectivity index (χ3v) is 12.8. The lowest BCUT2D eigenvalue weighted by atomic mass is 9.33. The summed E-state index contributed by atoms with van der Waals surface area (Å²) in [6.45, 7) is 14.0. The van der Waals surface area contributed by atoms with Gasteiger partial charge in [-0.05, 0) is 80.3 Å². The number of carboxylic acid groups (broad SMARTS) is 1. The number of hydrogen-bond donors (Lipinski definition) is 2. The molecule has 3 saturated carbocycles. The molecule has 0 heterocycles. The summed E-state index contributed by atoms with van der Waals surface area (Å²) in [5, 5.41) is 32.6. The zero-order valence-electron chi connectivity index (χ0n) is 23.3. The van der Waals surface area contributed by atoms with Crippen LogP contribution in [0, 0.1) is 55.7 Å². The normalized spacial score (nSPS) is 50.4. The molecule has 8 atom stereocenters. The predicted molar refractivity (Wildman–Crippen MR) is 138 cm³/mol. The Morgan fingerprint density at radius 3 is 2.19 bits per heavy atom. The lowest BCUT2D eigenvalue weighted by molar-refractivity contribution is -0.243. The van der Waals surface area contributed by atoms with E-state index in [1.807, 2.05) is 20.8 Å². The van der Waals surface area contributed by atoms with Crippen LogP contribution in [0.5, 0.6) is 0 Å². The first-order valence-electron chi connectivity index (χ1n) is 13.8. The number of carbonyl (C=O) groups is 3. The number of carbonyl (C=O) groups excluding carboxylic acids is 2. The zero-order valence-corrected chi connectivity index (χ0v) is 23.3. The maximum absolute atomic E-state index is 14.3. The van der Waals surface area contributed by atoms with Crippen LogP contribution in [0.15, 0.2) is 23.3 Å². The van der Waals surface area contributed by atoms with Crippen molar-refractivity contribution in [3.8, 4) is 6.07 Å². The highest BCUT2D eigenvalue weighted by atomic mass is 16.4. The van der Waals surface area contributed by atoms with Gasteiger partial charge in [0.1, 0.15) is 11.7 Å². The van der Waals surface area contributed by atoms with Gasteiger partial charge >= 0.3 is 5.97 Å². The summed E-state index contributed by atoms with van der Waals surface area (Å²) < 4.78 is 0. The molecule has 37 heavy (non-hydrogen) atoms. The van der Waals surface area contributed by atoms with Crippen LogP contribution in [0.1, 0.15) is 93.4 Å². The van der Waals surface area contributed by atoms with Crippen LogP contribution < -0.4 is 0 Å². The third kappa shape index (κ3) is 2.82. The Morgan fingerprint density at radius 1 is 0.973 bits per heavy atom. The smallest absolute Gasteiger partial charge is 0.309 e. The highest BCUT2D eigenvalue weighted by Crippen LogP contribution is 2.75. The van der Waals surface area contributed by atoms with Crippen LogP contribution in [0.25, 0.3) is 0 Å². The molecule has 0 aromatic heterocycles. The molecule has 5 aliphatic carbocycles. The minimum atomic E-state index is -1.68. The minimum absolute atomic E-state index is 0.0645. The van der Waals surface area contributed by atoms with Crippen molar-refractivity contribution in [2.45, 2.75) is 99.0 Å². The molecular formula is C31H41NO5. The van der Waals surface area contributed by atoms with Gasteiger partial charge in [-0.25, -0.2) is 0 Å². The Bertz CT molecular complexity index is 1240. The van der Waals surface area contributed by atoms with Gasteiger partial charge in [0.25, 0.3) is 0 Å². The van der Waals surface area contributed by atoms with E-state index >= 15 is 0 Å². The average Bonchev–Trinajstić information content (AvgIpc) is 2.82. The fourth-order valence-electron chi connectivity index (χ4n) is 9.95. The van der Waals surface area contributed by atoms with E-state index < -0.39 is 44.6 Å². The van der Waals surface area contributed by atoms with Gasteiger partial charge in [-0.15, -0.1) is 0 Å². The summed E-state index contributed by atoms with van der Waals surface area (Å²) in [5.74, 6) is -1.87. The fourth-order valence-corrected chi connectivity index (χ4v) is 9.95. The van der Waals surface area contributed by atoms with Crippen molar-refractivity contribution in [3.05, 3.63) is 23.3 Å². The molecular weight excluding hydrogens is 466 g/mol. The molecule has 0 saturated heterocycles. The van der Waals surface area contributed by atoms with Crippen LogP contribution >= 0.6 is 0 Å². The second-order valence-corrected chi connectivity index (χ2v) is 14.7. The summed E-state index contributed by atoms with van der Waals surface area (Å²) in [7, 11) is 0. The van der Waals surface area contributed by atoms with Crippen molar-refractivity contribution >= 4 is 17.5 Å². The van der Waals surface area contributed by atoms with E-state index in [0.29, 0.717) is 19.3 Å². The first-order chi connectivity index (χ1) is 16.9. The molecule has 5 rings (SSSR count). The molecule has 0 aliphatic heterocycles. The second kappa shape index (κ2) is 7.23. The van der Waals surface area contributed by atoms with Crippen molar-refractivity contribution in [3.63, 3.8) is 0 Å². The molecule has 3 fully saturated rings. The summed E-state index contributed by atoms with van der Waals surface area (Å²) in [4.78, 5) is 39.7. The number of Topliss-reactive ketones (excluding diaryl/α,β-unsaturated/α-hetero) is 1. The van der Waals surface area contributed by atoms with E-state index in [4.69, 9.17) is 0 Å². The molecule has 0 aromatic rings. The lowest BCUT2D eigenvalue weighted by Crippen LogP contribution is -2.74. The molecule has 6 heteroatoms. The van der Waals surface area contributed by atoms with Gasteiger partial charge in [-0.3, -0.25) is 14.4 Å².